The molecule has 2 heterocycles. The van der Waals surface area contributed by atoms with Gasteiger partial charge in [-0.15, -0.1) is 0 Å². The summed E-state index contributed by atoms with van der Waals surface area (Å²) in [7, 11) is 0. The Labute approximate surface area is 165 Å². The van der Waals surface area contributed by atoms with E-state index in [0.717, 1.165) is 37.9 Å². The van der Waals surface area contributed by atoms with Crippen LogP contribution in [0, 0.1) is 0 Å². The highest BCUT2D eigenvalue weighted by Gasteiger charge is 2.40. The number of nitrogens with one attached hydrogen (secondary N) is 2. The molecular weight excluding hydrogens is 346 g/mol. The molecule has 3 aromatic rings. The van der Waals surface area contributed by atoms with Crippen LogP contribution in [0.25, 0.3) is 10.9 Å². The van der Waals surface area contributed by atoms with Gasteiger partial charge in [-0.25, -0.2) is 0 Å². The summed E-state index contributed by atoms with van der Waals surface area (Å²) in [6, 6.07) is 16.9. The summed E-state index contributed by atoms with van der Waals surface area (Å²) < 4.78 is 0. The molecule has 1 aliphatic carbocycles. The van der Waals surface area contributed by atoms with Gasteiger partial charge in [0, 0.05) is 47.2 Å². The topological polar surface area (TPSA) is 48.1 Å². The van der Waals surface area contributed by atoms with Gasteiger partial charge >= 0.3 is 0 Å². The second-order valence-corrected chi connectivity index (χ2v) is 8.23. The number of aromatic amines is 1. The Morgan fingerprint density at radius 2 is 2.04 bits per heavy atom. The number of hydrogen-bond acceptors (Lipinski definition) is 2. The van der Waals surface area contributed by atoms with E-state index < -0.39 is 0 Å². The maximum atomic E-state index is 12.8. The highest BCUT2D eigenvalue weighted by molar-refractivity contribution is 5.94. The number of nitrogens with zero attached hydrogens (tertiary/aromatic N) is 1. The molecule has 1 aromatic heterocycles. The lowest BCUT2D eigenvalue weighted by Gasteiger charge is -2.47. The third-order valence-electron chi connectivity index (χ3n) is 6.46. The van der Waals surface area contributed by atoms with Crippen LogP contribution in [-0.2, 0) is 6.42 Å². The van der Waals surface area contributed by atoms with E-state index in [0.29, 0.717) is 12.0 Å². The van der Waals surface area contributed by atoms with Crippen molar-refractivity contribution in [1.29, 1.82) is 0 Å². The lowest BCUT2D eigenvalue weighted by Crippen LogP contribution is -2.56. The summed E-state index contributed by atoms with van der Waals surface area (Å²) in [6.45, 7) is 4.25. The normalized spacial score (nSPS) is 24.1. The van der Waals surface area contributed by atoms with E-state index in [-0.39, 0.29) is 11.9 Å². The first-order chi connectivity index (χ1) is 13.7. The van der Waals surface area contributed by atoms with E-state index in [2.05, 4.69) is 46.5 Å². The average molecular weight is 374 g/mol. The van der Waals surface area contributed by atoms with Gasteiger partial charge in [-0.3, -0.25) is 9.69 Å². The number of amides is 1. The Morgan fingerprint density at radius 1 is 1.18 bits per heavy atom. The lowest BCUT2D eigenvalue weighted by atomic mass is 9.73. The zero-order valence-electron chi connectivity index (χ0n) is 16.3. The summed E-state index contributed by atoms with van der Waals surface area (Å²) in [5.41, 5.74) is 4.87. The number of hydrogen-bond donors (Lipinski definition) is 2. The smallest absolute Gasteiger partial charge is 0.251 e. The van der Waals surface area contributed by atoms with E-state index in [1.807, 2.05) is 30.3 Å². The molecule has 0 saturated carbocycles. The van der Waals surface area contributed by atoms with Crippen molar-refractivity contribution in [3.05, 3.63) is 71.4 Å². The van der Waals surface area contributed by atoms with Gasteiger partial charge in [0.25, 0.3) is 5.91 Å². The minimum atomic E-state index is 0.0388. The Hall–Kier alpha value is -2.59. The first-order valence-electron chi connectivity index (χ1n) is 10.4. The number of carbonyl (C=O) groups is 1. The van der Waals surface area contributed by atoms with E-state index in [1.165, 1.54) is 22.0 Å². The average Bonchev–Trinajstić information content (AvgIpc) is 3.14. The van der Waals surface area contributed by atoms with Crippen molar-refractivity contribution >= 4 is 16.8 Å². The fourth-order valence-corrected chi connectivity index (χ4v) is 5.30. The molecule has 144 valence electrons. The number of benzene rings is 2. The van der Waals surface area contributed by atoms with Crippen LogP contribution in [0.1, 0.15) is 47.2 Å². The number of aromatic nitrogens is 1. The van der Waals surface area contributed by atoms with Crippen molar-refractivity contribution in [3.63, 3.8) is 0 Å². The van der Waals surface area contributed by atoms with Crippen molar-refractivity contribution in [2.45, 2.75) is 44.2 Å². The molecular formula is C24H27N3O. The van der Waals surface area contributed by atoms with E-state index in [4.69, 9.17) is 0 Å². The van der Waals surface area contributed by atoms with Gasteiger partial charge in [-0.1, -0.05) is 37.3 Å². The van der Waals surface area contributed by atoms with Crippen molar-refractivity contribution < 1.29 is 4.79 Å². The molecule has 4 heteroatoms. The van der Waals surface area contributed by atoms with Crippen LogP contribution in [0.4, 0.5) is 0 Å². The van der Waals surface area contributed by atoms with E-state index in [1.54, 1.807) is 0 Å². The SMILES string of the molecule is CCCN1C[C@@H](NC(=O)c2ccccc2)CC2c3cccc4[nH]cc(c34)C[C@H]21. The zero-order valence-corrected chi connectivity index (χ0v) is 16.3. The summed E-state index contributed by atoms with van der Waals surface area (Å²) in [5.74, 6) is 0.505. The number of fused-ring (bicyclic) bond motifs is 2. The Kier molecular flexibility index (Phi) is 4.44. The number of carbonyl (C=O) groups excluding carboxylic acids is 1. The van der Waals surface area contributed by atoms with Crippen molar-refractivity contribution in [1.82, 2.24) is 15.2 Å². The van der Waals surface area contributed by atoms with Crippen molar-refractivity contribution in [2.75, 3.05) is 13.1 Å². The predicted octanol–water partition coefficient (Wildman–Crippen LogP) is 4.09. The van der Waals surface area contributed by atoms with Crippen LogP contribution in [0.3, 0.4) is 0 Å². The molecule has 1 saturated heterocycles. The highest BCUT2D eigenvalue weighted by atomic mass is 16.1. The summed E-state index contributed by atoms with van der Waals surface area (Å²) in [6.07, 6.45) is 5.43. The molecule has 1 fully saturated rings. The second-order valence-electron chi connectivity index (χ2n) is 8.23. The molecule has 0 bridgehead atoms. The van der Waals surface area contributed by atoms with Gasteiger partial charge in [0.15, 0.2) is 0 Å². The van der Waals surface area contributed by atoms with Crippen LogP contribution < -0.4 is 5.32 Å². The Morgan fingerprint density at radius 3 is 2.86 bits per heavy atom. The molecule has 1 aliphatic heterocycles. The van der Waals surface area contributed by atoms with Crippen LogP contribution in [0.5, 0.6) is 0 Å². The monoisotopic (exact) mass is 373 g/mol. The maximum absolute atomic E-state index is 12.8. The molecule has 5 rings (SSSR count). The molecule has 2 aromatic carbocycles. The Balaban J connectivity index is 1.45. The largest absolute Gasteiger partial charge is 0.361 e. The molecule has 1 unspecified atom stereocenters. The number of rotatable bonds is 4. The van der Waals surface area contributed by atoms with Gasteiger partial charge in [0.2, 0.25) is 0 Å². The summed E-state index contributed by atoms with van der Waals surface area (Å²) in [4.78, 5) is 18.8. The van der Waals surface area contributed by atoms with Crippen molar-refractivity contribution in [2.24, 2.45) is 0 Å². The quantitative estimate of drug-likeness (QED) is 0.724. The first kappa shape index (κ1) is 17.5. The minimum Gasteiger partial charge on any atom is -0.361 e. The van der Waals surface area contributed by atoms with Gasteiger partial charge < -0.3 is 10.3 Å². The molecule has 28 heavy (non-hydrogen) atoms. The molecule has 0 spiro atoms. The van der Waals surface area contributed by atoms with Crippen molar-refractivity contribution in [3.8, 4) is 0 Å². The summed E-state index contributed by atoms with van der Waals surface area (Å²) >= 11 is 0. The second kappa shape index (κ2) is 7.10. The lowest BCUT2D eigenvalue weighted by molar-refractivity contribution is 0.0786. The highest BCUT2D eigenvalue weighted by Crippen LogP contribution is 2.43. The molecule has 1 amide bonds. The number of likely N-dealkylation sites (tertiary alicyclic amines) is 1. The molecule has 2 aliphatic rings. The van der Waals surface area contributed by atoms with Gasteiger partial charge in [0.05, 0.1) is 0 Å². The van der Waals surface area contributed by atoms with Crippen LogP contribution in [-0.4, -0.2) is 41.0 Å². The first-order valence-corrected chi connectivity index (χ1v) is 10.4. The molecule has 0 radical (unpaired) electrons. The van der Waals surface area contributed by atoms with Gasteiger partial charge in [-0.05, 0) is 55.1 Å². The maximum Gasteiger partial charge on any atom is 0.251 e. The molecule has 2 N–H and O–H groups in total. The number of H-pyrrole nitrogens is 1. The Bertz CT molecular complexity index is 994. The molecule has 4 nitrogen and oxygen atoms in total. The van der Waals surface area contributed by atoms with Crippen LogP contribution >= 0.6 is 0 Å². The standard InChI is InChI=1S/C24H27N3O/c1-2-11-27-15-18(26-24(28)16-7-4-3-5-8-16)13-20-19-9-6-10-21-23(19)17(14-25-21)12-22(20)27/h3-10,14,18,20,22,25H,2,11-13,15H2,1H3,(H,26,28)/t18-,20?,22+/m0/s1. The third kappa shape index (κ3) is 2.92. The zero-order chi connectivity index (χ0) is 19.1. The van der Waals surface area contributed by atoms with Gasteiger partial charge in [-0.2, -0.15) is 0 Å². The predicted molar refractivity (Wildman–Crippen MR) is 113 cm³/mol. The fraction of sp³-hybridized carbons (Fsp3) is 0.375. The minimum absolute atomic E-state index is 0.0388. The fourth-order valence-electron chi connectivity index (χ4n) is 5.30. The third-order valence-corrected chi connectivity index (χ3v) is 6.46. The van der Waals surface area contributed by atoms with Gasteiger partial charge in [0.1, 0.15) is 0 Å². The van der Waals surface area contributed by atoms with E-state index in [9.17, 15) is 4.79 Å². The number of piperidine rings is 1. The molecule has 3 atom stereocenters. The summed E-state index contributed by atoms with van der Waals surface area (Å²) in [5, 5.41) is 4.73. The van der Waals surface area contributed by atoms with Crippen LogP contribution in [0.2, 0.25) is 0 Å². The van der Waals surface area contributed by atoms with Crippen LogP contribution in [0.15, 0.2) is 54.7 Å². The van der Waals surface area contributed by atoms with E-state index >= 15 is 0 Å².